The standard InChI is InChI=1S/C18H22F12O4.C18H30O2.C17H26F6O3/c1-4-12(2,3)11(31)34-10-6-8(13(32,15(19,20)21)16(22,23)24)5-9(7-10)14(33,17(25,26)27)18(28,29)30;1-5-17(3,4)16(19)20-18(6-2)14-8-12-7-13(10-14)11-15(18)9-12;1-4-14(2,3)13(24)26-12(11-8-6-5-7-9-11)10-15(25,16(18,19)20)17(21,22)23/h8-10,32-33H,4-7H2,1-3H3;12-15H,5-11H2,1-4H3;11-12,25H,4-10H2,1-3H3. The Labute approximate surface area is 454 Å². The molecule has 6 aliphatic rings. The van der Waals surface area contributed by atoms with Gasteiger partial charge in [0.15, 0.2) is 0 Å². The van der Waals surface area contributed by atoms with Gasteiger partial charge in [0.1, 0.15) is 17.8 Å². The molecule has 6 rings (SSSR count). The van der Waals surface area contributed by atoms with Gasteiger partial charge >= 0.3 is 55.0 Å². The van der Waals surface area contributed by atoms with E-state index < -0.39 is 132 Å². The highest BCUT2D eigenvalue weighted by molar-refractivity contribution is 5.77. The molecule has 0 saturated heterocycles. The Balaban J connectivity index is 0.000000325. The van der Waals surface area contributed by atoms with Crippen LogP contribution in [-0.2, 0) is 28.6 Å². The maximum absolute atomic E-state index is 13.3. The van der Waals surface area contributed by atoms with Crippen LogP contribution in [0, 0.1) is 57.7 Å². The molecule has 6 saturated carbocycles. The van der Waals surface area contributed by atoms with Crippen LogP contribution in [0.1, 0.15) is 185 Å². The second-order valence-electron chi connectivity index (χ2n) is 24.8. The minimum absolute atomic E-state index is 0.0184. The number of hydrogen-bond acceptors (Lipinski definition) is 9. The summed E-state index contributed by atoms with van der Waals surface area (Å²) < 4.78 is 254. The van der Waals surface area contributed by atoms with E-state index in [0.29, 0.717) is 43.9 Å². The number of carbonyl (C=O) groups is 3. The van der Waals surface area contributed by atoms with Crippen molar-refractivity contribution in [2.75, 3.05) is 0 Å². The highest BCUT2D eigenvalue weighted by Crippen LogP contribution is 2.62. The van der Waals surface area contributed by atoms with Gasteiger partial charge < -0.3 is 29.5 Å². The van der Waals surface area contributed by atoms with Crippen LogP contribution in [0.4, 0.5) is 79.0 Å². The van der Waals surface area contributed by atoms with Gasteiger partial charge in [-0.1, -0.05) is 47.0 Å². The lowest BCUT2D eigenvalue weighted by Crippen LogP contribution is -2.67. The first-order valence-corrected chi connectivity index (χ1v) is 27.1. The fourth-order valence-electron chi connectivity index (χ4n) is 11.9. The van der Waals surface area contributed by atoms with Crippen molar-refractivity contribution < 1.29 is 123 Å². The van der Waals surface area contributed by atoms with Gasteiger partial charge in [-0.05, 0) is 161 Å². The van der Waals surface area contributed by atoms with Gasteiger partial charge in [-0.2, -0.15) is 79.0 Å². The zero-order valence-electron chi connectivity index (χ0n) is 46.5. The average molecular weight is 1200 g/mol. The van der Waals surface area contributed by atoms with Crippen molar-refractivity contribution in [1.29, 1.82) is 0 Å². The predicted octanol–water partition coefficient (Wildman–Crippen LogP) is 15.2. The average Bonchev–Trinajstić information content (AvgIpc) is 3.32. The van der Waals surface area contributed by atoms with Crippen molar-refractivity contribution in [3.05, 3.63) is 0 Å². The Kier molecular flexibility index (Phi) is 21.9. The van der Waals surface area contributed by atoms with Gasteiger partial charge in [0.2, 0.25) is 0 Å². The normalized spacial score (nSPS) is 27.3. The fraction of sp³-hybridized carbons (Fsp3) is 0.943. The number of aliphatic hydroxyl groups is 3. The fourth-order valence-corrected chi connectivity index (χ4v) is 11.9. The summed E-state index contributed by atoms with van der Waals surface area (Å²) in [6.45, 7) is 16.9. The number of halogens is 18. The SMILES string of the molecule is CCC(C)(C)C(=O)OC(CC(O)(C(F)(F)F)C(F)(F)F)C1CCCCC1.CCC(C)(C)C(=O)OC1(CC)C2CC3CC(C2)CC1C3.CCC(C)(C)C(=O)OC1CC(C(O)(C(F)(F)F)C(F)(F)F)CC(C(O)(C(F)(F)F)C(F)(F)F)C1. The minimum Gasteiger partial charge on any atom is -0.462 e. The molecule has 3 unspecified atom stereocenters. The van der Waals surface area contributed by atoms with E-state index in [4.69, 9.17) is 14.2 Å². The largest absolute Gasteiger partial charge is 0.462 e. The Bertz CT molecular complexity index is 1950. The second kappa shape index (κ2) is 24.6. The molecule has 3 atom stereocenters. The highest BCUT2D eigenvalue weighted by Gasteiger charge is 2.79. The Morgan fingerprint density at radius 1 is 0.475 bits per heavy atom. The molecule has 6 aliphatic carbocycles. The molecule has 0 spiro atoms. The van der Waals surface area contributed by atoms with E-state index in [1.54, 1.807) is 6.92 Å². The van der Waals surface area contributed by atoms with Crippen LogP contribution in [0.25, 0.3) is 0 Å². The van der Waals surface area contributed by atoms with Crippen molar-refractivity contribution in [3.63, 3.8) is 0 Å². The van der Waals surface area contributed by atoms with Crippen LogP contribution < -0.4 is 0 Å². The highest BCUT2D eigenvalue weighted by atomic mass is 19.4. The summed E-state index contributed by atoms with van der Waals surface area (Å²) in [5, 5.41) is 28.8. The molecule has 80 heavy (non-hydrogen) atoms. The quantitative estimate of drug-likeness (QED) is 0.0831. The number of carbonyl (C=O) groups excluding carboxylic acids is 3. The number of esters is 3. The van der Waals surface area contributed by atoms with Gasteiger partial charge in [-0.3, -0.25) is 14.4 Å². The minimum atomic E-state index is -6.58. The van der Waals surface area contributed by atoms with E-state index in [0.717, 1.165) is 31.1 Å². The van der Waals surface area contributed by atoms with Gasteiger partial charge in [-0.25, -0.2) is 0 Å². The third-order valence-electron chi connectivity index (χ3n) is 18.4. The number of ether oxygens (including phenoxy) is 3. The van der Waals surface area contributed by atoms with E-state index >= 15 is 0 Å². The van der Waals surface area contributed by atoms with E-state index in [9.17, 15) is 109 Å². The van der Waals surface area contributed by atoms with Crippen molar-refractivity contribution in [1.82, 2.24) is 0 Å². The molecule has 3 N–H and O–H groups in total. The van der Waals surface area contributed by atoms with Crippen LogP contribution >= 0.6 is 0 Å². The van der Waals surface area contributed by atoms with Crippen LogP contribution in [0.5, 0.6) is 0 Å². The first-order valence-electron chi connectivity index (χ1n) is 27.1. The Morgan fingerprint density at radius 3 is 1.15 bits per heavy atom. The maximum atomic E-state index is 13.3. The first-order chi connectivity index (χ1) is 35.8. The first kappa shape index (κ1) is 71.3. The summed E-state index contributed by atoms with van der Waals surface area (Å²) in [4.78, 5) is 37.1. The van der Waals surface area contributed by atoms with Crippen molar-refractivity contribution in [2.45, 2.75) is 256 Å². The van der Waals surface area contributed by atoms with Crippen molar-refractivity contribution in [3.8, 4) is 0 Å². The summed E-state index contributed by atoms with van der Waals surface area (Å²) in [5.41, 5.74) is -19.4. The van der Waals surface area contributed by atoms with E-state index in [1.807, 2.05) is 13.8 Å². The van der Waals surface area contributed by atoms with Gasteiger partial charge in [0.25, 0.3) is 16.8 Å². The summed E-state index contributed by atoms with van der Waals surface area (Å²) in [6.07, 6.45) is -37.6. The zero-order chi connectivity index (χ0) is 62.3. The zero-order valence-corrected chi connectivity index (χ0v) is 46.5. The predicted molar refractivity (Wildman–Crippen MR) is 251 cm³/mol. The van der Waals surface area contributed by atoms with Crippen LogP contribution in [0.2, 0.25) is 0 Å². The number of rotatable bonds is 15. The topological polar surface area (TPSA) is 140 Å². The molecule has 27 heteroatoms. The lowest BCUT2D eigenvalue weighted by molar-refractivity contribution is -0.405. The molecule has 0 heterocycles. The summed E-state index contributed by atoms with van der Waals surface area (Å²) in [6, 6.07) is 0. The molecule has 0 radical (unpaired) electrons. The second-order valence-corrected chi connectivity index (χ2v) is 24.8. The smallest absolute Gasteiger partial charge is 0.426 e. The van der Waals surface area contributed by atoms with Gasteiger partial charge in [-0.15, -0.1) is 0 Å². The number of hydrogen-bond donors (Lipinski definition) is 3. The molecule has 0 aromatic rings. The molecule has 0 aliphatic heterocycles. The molecular formula is C53H78F18O9. The molecule has 4 bridgehead atoms. The van der Waals surface area contributed by atoms with E-state index in [1.165, 1.54) is 66.7 Å². The van der Waals surface area contributed by atoms with Crippen molar-refractivity contribution in [2.24, 2.45) is 57.7 Å². The summed E-state index contributed by atoms with van der Waals surface area (Å²) >= 11 is 0. The third-order valence-corrected chi connectivity index (χ3v) is 18.4. The molecule has 0 aromatic carbocycles. The van der Waals surface area contributed by atoms with Crippen molar-refractivity contribution >= 4 is 17.9 Å². The maximum Gasteiger partial charge on any atom is 0.426 e. The molecule has 470 valence electrons. The molecular weight excluding hydrogens is 1120 g/mol. The molecule has 0 amide bonds. The third kappa shape index (κ3) is 14.7. The van der Waals surface area contributed by atoms with E-state index in [2.05, 4.69) is 13.8 Å². The van der Waals surface area contributed by atoms with Crippen LogP contribution in [0.3, 0.4) is 0 Å². The molecule has 0 aromatic heterocycles. The monoisotopic (exact) mass is 1200 g/mol. The lowest BCUT2D eigenvalue weighted by Gasteiger charge is -2.60. The Morgan fingerprint density at radius 2 is 0.825 bits per heavy atom. The Hall–Kier alpha value is -2.97. The molecule has 9 nitrogen and oxygen atoms in total. The van der Waals surface area contributed by atoms with Gasteiger partial charge in [0, 0.05) is 18.3 Å². The lowest BCUT2D eigenvalue weighted by atomic mass is 9.49. The van der Waals surface area contributed by atoms with Crippen LogP contribution in [-0.4, -0.2) is 105 Å². The summed E-state index contributed by atoms with van der Waals surface area (Å²) in [5.74, 6) is -6.39. The number of alkyl halides is 18. The van der Waals surface area contributed by atoms with Gasteiger partial charge in [0.05, 0.1) is 16.2 Å². The van der Waals surface area contributed by atoms with Crippen LogP contribution in [0.15, 0.2) is 0 Å². The summed E-state index contributed by atoms with van der Waals surface area (Å²) in [7, 11) is 0. The molecule has 6 fully saturated rings. The van der Waals surface area contributed by atoms with E-state index in [-0.39, 0.29) is 23.4 Å².